The molecular weight excluding hydrogens is 532 g/mol. The molecule has 2 aliphatic rings. The predicted molar refractivity (Wildman–Crippen MR) is 137 cm³/mol. The van der Waals surface area contributed by atoms with Crippen molar-refractivity contribution in [2.24, 2.45) is 0 Å². The van der Waals surface area contributed by atoms with E-state index in [2.05, 4.69) is 5.32 Å². The predicted octanol–water partition coefficient (Wildman–Crippen LogP) is 3.64. The number of carbonyl (C=O) groups excluding carboxylic acids is 2. The summed E-state index contributed by atoms with van der Waals surface area (Å²) in [6, 6.07) is 8.57. The first-order valence-electron chi connectivity index (χ1n) is 12.7. The first-order chi connectivity index (χ1) is 19.1. The Morgan fingerprint density at radius 1 is 1.07 bits per heavy atom. The van der Waals surface area contributed by atoms with Crippen molar-refractivity contribution < 1.29 is 31.9 Å². The van der Waals surface area contributed by atoms with Gasteiger partial charge in [-0.1, -0.05) is 30.3 Å². The summed E-state index contributed by atoms with van der Waals surface area (Å²) in [5.74, 6) is -5.57. The van der Waals surface area contributed by atoms with Crippen molar-refractivity contribution in [2.45, 2.75) is 51.7 Å². The zero-order valence-electron chi connectivity index (χ0n) is 21.7. The number of carbonyl (C=O) groups is 2. The van der Waals surface area contributed by atoms with Crippen LogP contribution in [0.4, 0.5) is 17.6 Å². The zero-order chi connectivity index (χ0) is 28.7. The molecule has 2 aliphatic heterocycles. The topological polar surface area (TPSA) is 83.9 Å². The monoisotopic (exact) mass is 558 g/mol. The van der Waals surface area contributed by atoms with Crippen molar-refractivity contribution in [3.8, 4) is 5.75 Å². The second-order valence-corrected chi connectivity index (χ2v) is 9.90. The van der Waals surface area contributed by atoms with Crippen LogP contribution < -0.4 is 20.5 Å². The zero-order valence-corrected chi connectivity index (χ0v) is 21.7. The molecule has 210 valence electrons. The average molecular weight is 559 g/mol. The van der Waals surface area contributed by atoms with E-state index in [1.54, 1.807) is 49.2 Å². The van der Waals surface area contributed by atoms with E-state index in [0.717, 1.165) is 6.20 Å². The molecule has 0 saturated carbocycles. The van der Waals surface area contributed by atoms with Crippen LogP contribution in [0.3, 0.4) is 0 Å². The summed E-state index contributed by atoms with van der Waals surface area (Å²) < 4.78 is 63.7. The summed E-state index contributed by atoms with van der Waals surface area (Å²) in [7, 11) is 0. The fourth-order valence-corrected chi connectivity index (χ4v) is 4.94. The largest absolute Gasteiger partial charge is 0.482 e. The van der Waals surface area contributed by atoms with Gasteiger partial charge in [-0.25, -0.2) is 17.6 Å². The van der Waals surface area contributed by atoms with Gasteiger partial charge in [0.05, 0.1) is 6.04 Å². The number of benzene rings is 2. The van der Waals surface area contributed by atoms with Gasteiger partial charge in [0, 0.05) is 42.9 Å². The van der Waals surface area contributed by atoms with E-state index in [4.69, 9.17) is 4.74 Å². The molecular formula is C28H26F4N4O4. The molecule has 8 nitrogen and oxygen atoms in total. The van der Waals surface area contributed by atoms with Gasteiger partial charge in [-0.15, -0.1) is 0 Å². The highest BCUT2D eigenvalue weighted by molar-refractivity contribution is 5.99. The lowest BCUT2D eigenvalue weighted by atomic mass is 10.1. The molecule has 0 radical (unpaired) electrons. The van der Waals surface area contributed by atoms with E-state index in [1.165, 1.54) is 9.58 Å². The summed E-state index contributed by atoms with van der Waals surface area (Å²) in [4.78, 5) is 41.7. The van der Waals surface area contributed by atoms with E-state index in [0.29, 0.717) is 17.7 Å². The molecule has 3 heterocycles. The molecule has 0 unspecified atom stereocenters. The Bertz CT molecular complexity index is 1510. The third-order valence-corrected chi connectivity index (χ3v) is 7.28. The Hall–Kier alpha value is -4.35. The van der Waals surface area contributed by atoms with Crippen LogP contribution >= 0.6 is 0 Å². The van der Waals surface area contributed by atoms with Crippen LogP contribution in [0.25, 0.3) is 0 Å². The SMILES string of the molecule is C[C@@H]1C[C@H](F)[C@H](C)N2CN1n1cc(C(=O)NCc3c(F)cc(F)cc3F)c(=O)c(OCc3ccccc3)c1C2=O. The quantitative estimate of drug-likeness (QED) is 0.468. The fraction of sp³-hybridized carbons (Fsp3) is 0.321. The Morgan fingerprint density at radius 2 is 1.75 bits per heavy atom. The van der Waals surface area contributed by atoms with Crippen LogP contribution in [0.15, 0.2) is 53.5 Å². The van der Waals surface area contributed by atoms with Gasteiger partial charge in [0.15, 0.2) is 11.4 Å². The van der Waals surface area contributed by atoms with Gasteiger partial charge in [0.25, 0.3) is 11.8 Å². The third-order valence-electron chi connectivity index (χ3n) is 7.28. The van der Waals surface area contributed by atoms with E-state index >= 15 is 0 Å². The molecule has 0 aliphatic carbocycles. The van der Waals surface area contributed by atoms with Gasteiger partial charge in [-0.3, -0.25) is 24.1 Å². The van der Waals surface area contributed by atoms with Gasteiger partial charge in [-0.2, -0.15) is 0 Å². The first kappa shape index (κ1) is 27.2. The normalized spacial score (nSPS) is 20.1. The molecule has 5 rings (SSSR count). The highest BCUT2D eigenvalue weighted by atomic mass is 19.1. The van der Waals surface area contributed by atoms with Crippen LogP contribution in [0.1, 0.15) is 52.2 Å². The Kier molecular flexibility index (Phi) is 7.26. The van der Waals surface area contributed by atoms with Crippen LogP contribution in [0.2, 0.25) is 0 Å². The molecule has 12 heteroatoms. The van der Waals surface area contributed by atoms with Gasteiger partial charge in [0.1, 0.15) is 42.5 Å². The van der Waals surface area contributed by atoms with Gasteiger partial charge in [0.2, 0.25) is 5.43 Å². The summed E-state index contributed by atoms with van der Waals surface area (Å²) in [6.07, 6.45) is -0.0988. The lowest BCUT2D eigenvalue weighted by molar-refractivity contribution is 0.0550. The lowest BCUT2D eigenvalue weighted by Crippen LogP contribution is -2.57. The number of aromatic nitrogens is 1. The van der Waals surface area contributed by atoms with Crippen molar-refractivity contribution >= 4 is 11.8 Å². The molecule has 1 fully saturated rings. The molecule has 2 bridgehead atoms. The highest BCUT2D eigenvalue weighted by Gasteiger charge is 2.43. The number of ether oxygens (including phenoxy) is 1. The second kappa shape index (κ2) is 10.7. The summed E-state index contributed by atoms with van der Waals surface area (Å²) in [5, 5.41) is 3.94. The maximum absolute atomic E-state index is 15.0. The van der Waals surface area contributed by atoms with E-state index in [-0.39, 0.29) is 25.4 Å². The fourth-order valence-electron chi connectivity index (χ4n) is 4.94. The minimum Gasteiger partial charge on any atom is -0.482 e. The number of hydrogen-bond donors (Lipinski definition) is 1. The summed E-state index contributed by atoms with van der Waals surface area (Å²) in [5.41, 5.74) is -1.46. The standard InChI is InChI=1S/C28H26F4N4O4/c1-15-8-21(30)16(2)34-14-36(15)35-12-20(27(38)33-11-19-22(31)9-18(29)10-23(19)32)25(37)26(24(35)28(34)39)40-13-17-6-4-3-5-7-17/h3-7,9-10,12,15-16,21H,8,11,13-14H2,1-2H3,(H,33,38)/t15-,16+,21+/m1/s1. The minimum atomic E-state index is -1.33. The molecule has 2 amide bonds. The van der Waals surface area contributed by atoms with Gasteiger partial charge in [-0.05, 0) is 19.4 Å². The van der Waals surface area contributed by atoms with Crippen molar-refractivity contribution in [3.05, 3.63) is 98.7 Å². The maximum atomic E-state index is 15.0. The molecule has 1 aromatic heterocycles. The molecule has 3 atom stereocenters. The summed E-state index contributed by atoms with van der Waals surface area (Å²) >= 11 is 0. The second-order valence-electron chi connectivity index (χ2n) is 9.90. The maximum Gasteiger partial charge on any atom is 0.278 e. The number of rotatable bonds is 6. The van der Waals surface area contributed by atoms with Crippen LogP contribution in [-0.2, 0) is 13.2 Å². The molecule has 1 saturated heterocycles. The van der Waals surface area contributed by atoms with E-state index < -0.39 is 76.4 Å². The average Bonchev–Trinajstić information content (AvgIpc) is 3.01. The summed E-state index contributed by atoms with van der Waals surface area (Å²) in [6.45, 7) is 2.57. The Labute approximate surface area is 226 Å². The number of hydrogen-bond acceptors (Lipinski definition) is 5. The Balaban J connectivity index is 1.57. The Morgan fingerprint density at radius 3 is 2.42 bits per heavy atom. The number of nitrogens with zero attached hydrogens (tertiary/aromatic N) is 3. The number of fused-ring (bicyclic) bond motifs is 4. The van der Waals surface area contributed by atoms with Crippen LogP contribution in [0, 0.1) is 17.5 Å². The van der Waals surface area contributed by atoms with E-state index in [9.17, 15) is 31.9 Å². The molecule has 40 heavy (non-hydrogen) atoms. The van der Waals surface area contributed by atoms with Crippen molar-refractivity contribution in [1.82, 2.24) is 14.9 Å². The van der Waals surface area contributed by atoms with Crippen LogP contribution in [0.5, 0.6) is 5.75 Å². The number of halogens is 4. The lowest BCUT2D eigenvalue weighted by Gasteiger charge is -2.42. The molecule has 1 N–H and O–H groups in total. The van der Waals surface area contributed by atoms with Crippen molar-refractivity contribution in [1.29, 1.82) is 0 Å². The smallest absolute Gasteiger partial charge is 0.278 e. The number of amides is 2. The first-order valence-corrected chi connectivity index (χ1v) is 12.7. The number of pyridine rings is 1. The van der Waals surface area contributed by atoms with Gasteiger partial charge >= 0.3 is 0 Å². The number of alkyl halides is 1. The van der Waals surface area contributed by atoms with Crippen LogP contribution in [-0.4, -0.2) is 46.3 Å². The third kappa shape index (κ3) is 4.89. The molecule has 2 aromatic carbocycles. The van der Waals surface area contributed by atoms with Crippen molar-refractivity contribution in [2.75, 3.05) is 11.7 Å². The highest BCUT2D eigenvalue weighted by Crippen LogP contribution is 2.31. The van der Waals surface area contributed by atoms with Crippen molar-refractivity contribution in [3.63, 3.8) is 0 Å². The number of nitrogens with one attached hydrogen (secondary N) is 1. The minimum absolute atomic E-state index is 0.00262. The van der Waals surface area contributed by atoms with E-state index in [1.807, 2.05) is 0 Å². The molecule has 0 spiro atoms. The van der Waals surface area contributed by atoms with Gasteiger partial charge < -0.3 is 15.0 Å². The molecule has 3 aromatic rings.